The molecule has 0 unspecified atom stereocenters. The zero-order valence-electron chi connectivity index (χ0n) is 12.5. The quantitative estimate of drug-likeness (QED) is 0.662. The Kier molecular flexibility index (Phi) is 7.85. The Morgan fingerprint density at radius 2 is 1.86 bits per heavy atom. The molecule has 1 aromatic rings. The van der Waals surface area contributed by atoms with E-state index >= 15 is 0 Å². The minimum absolute atomic E-state index is 0. The van der Waals surface area contributed by atoms with E-state index in [1.165, 1.54) is 12.8 Å². The van der Waals surface area contributed by atoms with Gasteiger partial charge in [0.1, 0.15) is 0 Å². The highest BCUT2D eigenvalue weighted by atomic mass is 35.5. The molecule has 0 saturated heterocycles. The van der Waals surface area contributed by atoms with Crippen LogP contribution in [0.5, 0.6) is 0 Å². The lowest BCUT2D eigenvalue weighted by atomic mass is 10.4. The van der Waals surface area contributed by atoms with Gasteiger partial charge in [-0.15, -0.1) is 12.4 Å². The van der Waals surface area contributed by atoms with Gasteiger partial charge in [-0.25, -0.2) is 8.42 Å². The van der Waals surface area contributed by atoms with E-state index < -0.39 is 9.84 Å². The Morgan fingerprint density at radius 3 is 2.50 bits per heavy atom. The molecule has 0 spiro atoms. The van der Waals surface area contributed by atoms with Crippen molar-refractivity contribution in [1.29, 1.82) is 0 Å². The molecule has 1 aliphatic carbocycles. The van der Waals surface area contributed by atoms with Crippen LogP contribution >= 0.6 is 12.4 Å². The molecule has 0 aliphatic heterocycles. The van der Waals surface area contributed by atoms with E-state index in [4.69, 9.17) is 0 Å². The standard InChI is InChI=1S/C15H22N2O3S.ClH/c18-15(12-16-11-13-7-8-13)17-9-4-10-21(19,20)14-5-2-1-3-6-14;/h1-3,5-6,13,16H,4,7-12H2,(H,17,18);1H. The maximum Gasteiger partial charge on any atom is 0.233 e. The number of benzene rings is 1. The van der Waals surface area contributed by atoms with Crippen LogP contribution in [-0.2, 0) is 14.6 Å². The Morgan fingerprint density at radius 1 is 1.18 bits per heavy atom. The topological polar surface area (TPSA) is 75.3 Å². The lowest BCUT2D eigenvalue weighted by Gasteiger charge is -2.07. The fourth-order valence-electron chi connectivity index (χ4n) is 2.01. The lowest BCUT2D eigenvalue weighted by molar-refractivity contribution is -0.120. The lowest BCUT2D eigenvalue weighted by Crippen LogP contribution is -2.35. The molecule has 2 N–H and O–H groups in total. The zero-order valence-corrected chi connectivity index (χ0v) is 14.1. The molecule has 0 atom stereocenters. The smallest absolute Gasteiger partial charge is 0.233 e. The van der Waals surface area contributed by atoms with E-state index in [0.717, 1.165) is 12.5 Å². The molecule has 0 heterocycles. The minimum atomic E-state index is -3.25. The van der Waals surface area contributed by atoms with Crippen molar-refractivity contribution in [3.8, 4) is 0 Å². The van der Waals surface area contributed by atoms with Crippen LogP contribution < -0.4 is 10.6 Å². The molecule has 22 heavy (non-hydrogen) atoms. The van der Waals surface area contributed by atoms with Gasteiger partial charge in [-0.3, -0.25) is 4.79 Å². The highest BCUT2D eigenvalue weighted by Crippen LogP contribution is 2.27. The molecule has 1 amide bonds. The van der Waals surface area contributed by atoms with Crippen LogP contribution in [0, 0.1) is 5.92 Å². The third-order valence-electron chi connectivity index (χ3n) is 3.43. The Balaban J connectivity index is 0.00000242. The van der Waals surface area contributed by atoms with Crippen molar-refractivity contribution in [2.24, 2.45) is 5.92 Å². The van der Waals surface area contributed by atoms with Crippen LogP contribution in [0.1, 0.15) is 19.3 Å². The summed E-state index contributed by atoms with van der Waals surface area (Å²) in [5.41, 5.74) is 0. The van der Waals surface area contributed by atoms with Gasteiger partial charge in [0.2, 0.25) is 5.91 Å². The highest BCUT2D eigenvalue weighted by molar-refractivity contribution is 7.91. The molecule has 7 heteroatoms. The fraction of sp³-hybridized carbons (Fsp3) is 0.533. The fourth-order valence-corrected chi connectivity index (χ4v) is 3.34. The first-order valence-electron chi connectivity index (χ1n) is 7.33. The van der Waals surface area contributed by atoms with Gasteiger partial charge in [0, 0.05) is 6.54 Å². The first-order valence-corrected chi connectivity index (χ1v) is 8.98. The molecule has 0 aromatic heterocycles. The number of carbonyl (C=O) groups is 1. The highest BCUT2D eigenvalue weighted by Gasteiger charge is 2.20. The third kappa shape index (κ3) is 6.77. The molecular weight excluding hydrogens is 324 g/mol. The molecule has 1 fully saturated rings. The average Bonchev–Trinajstić information content (AvgIpc) is 3.29. The second-order valence-corrected chi connectivity index (χ2v) is 7.52. The summed E-state index contributed by atoms with van der Waals surface area (Å²) in [5.74, 6) is 0.717. The molecule has 0 bridgehead atoms. The molecule has 5 nitrogen and oxygen atoms in total. The van der Waals surface area contributed by atoms with E-state index in [0.29, 0.717) is 24.4 Å². The van der Waals surface area contributed by atoms with Gasteiger partial charge in [0.25, 0.3) is 0 Å². The number of sulfone groups is 1. The Labute approximate surface area is 138 Å². The van der Waals surface area contributed by atoms with Crippen LogP contribution in [0.3, 0.4) is 0 Å². The number of carbonyl (C=O) groups excluding carboxylic acids is 1. The van der Waals surface area contributed by atoms with Gasteiger partial charge >= 0.3 is 0 Å². The monoisotopic (exact) mass is 346 g/mol. The van der Waals surface area contributed by atoms with Gasteiger partial charge < -0.3 is 10.6 Å². The molecule has 1 aliphatic rings. The summed E-state index contributed by atoms with van der Waals surface area (Å²) in [6.45, 7) is 1.59. The molecular formula is C15H23ClN2O3S. The second kappa shape index (κ2) is 9.12. The van der Waals surface area contributed by atoms with Gasteiger partial charge in [-0.1, -0.05) is 18.2 Å². The van der Waals surface area contributed by atoms with Crippen LogP contribution in [0.15, 0.2) is 35.2 Å². The molecule has 0 radical (unpaired) electrons. The molecule has 2 rings (SSSR count). The van der Waals surface area contributed by atoms with Gasteiger partial charge in [0.05, 0.1) is 17.2 Å². The summed E-state index contributed by atoms with van der Waals surface area (Å²) >= 11 is 0. The van der Waals surface area contributed by atoms with E-state index in [-0.39, 0.29) is 24.1 Å². The summed E-state index contributed by atoms with van der Waals surface area (Å²) in [7, 11) is -3.25. The number of halogens is 1. The first-order chi connectivity index (χ1) is 10.1. The average molecular weight is 347 g/mol. The Hall–Kier alpha value is -1.11. The van der Waals surface area contributed by atoms with Crippen LogP contribution in [0.25, 0.3) is 0 Å². The number of amides is 1. The summed E-state index contributed by atoms with van der Waals surface area (Å²) < 4.78 is 24.0. The zero-order chi connectivity index (χ0) is 15.1. The van der Waals surface area contributed by atoms with Crippen molar-refractivity contribution in [3.63, 3.8) is 0 Å². The van der Waals surface area contributed by atoms with Gasteiger partial charge in [-0.05, 0) is 43.9 Å². The van der Waals surface area contributed by atoms with Crippen LogP contribution in [0.2, 0.25) is 0 Å². The second-order valence-electron chi connectivity index (χ2n) is 5.41. The predicted octanol–water partition coefficient (Wildman–Crippen LogP) is 1.39. The van der Waals surface area contributed by atoms with E-state index in [1.54, 1.807) is 30.3 Å². The van der Waals surface area contributed by atoms with Crippen molar-refractivity contribution in [3.05, 3.63) is 30.3 Å². The number of hydrogen-bond donors (Lipinski definition) is 2. The number of nitrogens with one attached hydrogen (secondary N) is 2. The van der Waals surface area contributed by atoms with E-state index in [1.807, 2.05) is 0 Å². The van der Waals surface area contributed by atoms with E-state index in [2.05, 4.69) is 10.6 Å². The van der Waals surface area contributed by atoms with Crippen molar-refractivity contribution in [1.82, 2.24) is 10.6 Å². The molecule has 1 saturated carbocycles. The number of rotatable bonds is 9. The summed E-state index contributed by atoms with van der Waals surface area (Å²) in [5, 5.41) is 5.83. The maximum atomic E-state index is 12.0. The van der Waals surface area contributed by atoms with Gasteiger partial charge in [-0.2, -0.15) is 0 Å². The first kappa shape index (κ1) is 18.9. The maximum absolute atomic E-state index is 12.0. The van der Waals surface area contributed by atoms with Gasteiger partial charge in [0.15, 0.2) is 9.84 Å². The van der Waals surface area contributed by atoms with Crippen molar-refractivity contribution >= 4 is 28.2 Å². The normalized spacial score (nSPS) is 14.2. The van der Waals surface area contributed by atoms with Crippen LogP contribution in [0.4, 0.5) is 0 Å². The van der Waals surface area contributed by atoms with Crippen molar-refractivity contribution in [2.75, 3.05) is 25.4 Å². The third-order valence-corrected chi connectivity index (χ3v) is 5.25. The summed E-state index contributed by atoms with van der Waals surface area (Å²) in [6.07, 6.45) is 2.93. The molecule has 1 aromatic carbocycles. The summed E-state index contributed by atoms with van der Waals surface area (Å²) in [4.78, 5) is 11.9. The predicted molar refractivity (Wildman–Crippen MR) is 89.0 cm³/mol. The SMILES string of the molecule is Cl.O=C(CNCC1CC1)NCCCS(=O)(=O)c1ccccc1. The molecule has 124 valence electrons. The summed E-state index contributed by atoms with van der Waals surface area (Å²) in [6, 6.07) is 8.39. The van der Waals surface area contributed by atoms with Crippen molar-refractivity contribution in [2.45, 2.75) is 24.2 Å². The van der Waals surface area contributed by atoms with E-state index in [9.17, 15) is 13.2 Å². The van der Waals surface area contributed by atoms with Crippen LogP contribution in [-0.4, -0.2) is 39.7 Å². The van der Waals surface area contributed by atoms with Crippen molar-refractivity contribution < 1.29 is 13.2 Å². The largest absolute Gasteiger partial charge is 0.355 e. The number of hydrogen-bond acceptors (Lipinski definition) is 4. The minimum Gasteiger partial charge on any atom is -0.355 e. The Bertz CT molecular complexity index is 559.